The minimum absolute atomic E-state index is 0.145. The Morgan fingerprint density at radius 1 is 1.17 bits per heavy atom. The van der Waals surface area contributed by atoms with Crippen LogP contribution < -0.4 is 9.62 Å². The number of amides is 1. The van der Waals surface area contributed by atoms with Crippen molar-refractivity contribution in [1.29, 1.82) is 0 Å². The molecular formula is C16H17BrN2O3S. The van der Waals surface area contributed by atoms with Crippen molar-refractivity contribution >= 4 is 37.5 Å². The van der Waals surface area contributed by atoms with Crippen LogP contribution in [0.2, 0.25) is 0 Å². The van der Waals surface area contributed by atoms with Crippen LogP contribution in [0.15, 0.2) is 57.9 Å². The highest BCUT2D eigenvalue weighted by molar-refractivity contribution is 9.10. The van der Waals surface area contributed by atoms with Crippen LogP contribution in [-0.2, 0) is 14.8 Å². The molecule has 0 atom stereocenters. The molecule has 2 aromatic rings. The van der Waals surface area contributed by atoms with Crippen molar-refractivity contribution in [3.8, 4) is 0 Å². The molecule has 2 aromatic carbocycles. The smallest absolute Gasteiger partial charge is 0.264 e. The molecule has 0 bridgehead atoms. The molecule has 5 nitrogen and oxygen atoms in total. The first-order valence-electron chi connectivity index (χ1n) is 6.90. The molecule has 0 heterocycles. The topological polar surface area (TPSA) is 66.5 Å². The standard InChI is InChI=1S/C16H17BrN2O3S/c1-12-6-8-15(9-7-12)23(21,22)19(11-16(20)18-2)14-5-3-4-13(17)10-14/h3-10H,11H2,1-2H3,(H,18,20). The molecule has 0 saturated heterocycles. The lowest BCUT2D eigenvalue weighted by Crippen LogP contribution is -2.39. The first-order chi connectivity index (χ1) is 10.8. The third-order valence-corrected chi connectivity index (χ3v) is 5.55. The van der Waals surface area contributed by atoms with Gasteiger partial charge in [-0.2, -0.15) is 0 Å². The molecule has 2 rings (SSSR count). The van der Waals surface area contributed by atoms with E-state index in [1.54, 1.807) is 48.5 Å². The van der Waals surface area contributed by atoms with Crippen LogP contribution in [0, 0.1) is 6.92 Å². The van der Waals surface area contributed by atoms with Gasteiger partial charge in [-0.25, -0.2) is 8.42 Å². The van der Waals surface area contributed by atoms with Gasteiger partial charge in [0.05, 0.1) is 10.6 Å². The van der Waals surface area contributed by atoms with E-state index in [9.17, 15) is 13.2 Å². The van der Waals surface area contributed by atoms with Gasteiger partial charge < -0.3 is 5.32 Å². The van der Waals surface area contributed by atoms with Crippen LogP contribution >= 0.6 is 15.9 Å². The van der Waals surface area contributed by atoms with Crippen molar-refractivity contribution < 1.29 is 13.2 Å². The van der Waals surface area contributed by atoms with E-state index in [2.05, 4.69) is 21.2 Å². The summed E-state index contributed by atoms with van der Waals surface area (Å²) in [5, 5.41) is 2.46. The number of nitrogens with one attached hydrogen (secondary N) is 1. The summed E-state index contributed by atoms with van der Waals surface area (Å²) in [6, 6.07) is 13.4. The number of nitrogens with zero attached hydrogens (tertiary/aromatic N) is 1. The van der Waals surface area contributed by atoms with Crippen molar-refractivity contribution in [3.05, 3.63) is 58.6 Å². The lowest BCUT2D eigenvalue weighted by Gasteiger charge is -2.24. The maximum atomic E-state index is 12.9. The Labute approximate surface area is 144 Å². The molecule has 0 unspecified atom stereocenters. The normalized spacial score (nSPS) is 11.1. The summed E-state index contributed by atoms with van der Waals surface area (Å²) >= 11 is 3.32. The molecule has 1 amide bonds. The van der Waals surface area contributed by atoms with Gasteiger partial charge in [0.1, 0.15) is 6.54 Å². The Morgan fingerprint density at radius 3 is 2.39 bits per heavy atom. The van der Waals surface area contributed by atoms with E-state index in [0.29, 0.717) is 5.69 Å². The number of likely N-dealkylation sites (N-methyl/N-ethyl adjacent to an activating group) is 1. The van der Waals surface area contributed by atoms with E-state index in [1.165, 1.54) is 7.05 Å². The van der Waals surface area contributed by atoms with Gasteiger partial charge in [0.2, 0.25) is 5.91 Å². The molecule has 7 heteroatoms. The predicted octanol–water partition coefficient (Wildman–Crippen LogP) is 2.70. The maximum absolute atomic E-state index is 12.9. The van der Waals surface area contributed by atoms with Gasteiger partial charge >= 0.3 is 0 Å². The van der Waals surface area contributed by atoms with E-state index in [0.717, 1.165) is 14.3 Å². The Hall–Kier alpha value is -1.86. The summed E-state index contributed by atoms with van der Waals surface area (Å²) in [7, 11) is -2.37. The van der Waals surface area contributed by atoms with Crippen LogP contribution in [0.25, 0.3) is 0 Å². The third-order valence-electron chi connectivity index (χ3n) is 3.27. The summed E-state index contributed by atoms with van der Waals surface area (Å²) in [5.41, 5.74) is 1.38. The molecule has 0 aliphatic heterocycles. The van der Waals surface area contributed by atoms with Crippen molar-refractivity contribution in [2.24, 2.45) is 0 Å². The second-order valence-electron chi connectivity index (χ2n) is 4.98. The highest BCUT2D eigenvalue weighted by Gasteiger charge is 2.26. The van der Waals surface area contributed by atoms with Gasteiger partial charge in [-0.05, 0) is 37.3 Å². The number of benzene rings is 2. The molecule has 0 fully saturated rings. The molecule has 1 N–H and O–H groups in total. The van der Waals surface area contributed by atoms with Gasteiger partial charge in [0.15, 0.2) is 0 Å². The van der Waals surface area contributed by atoms with Crippen molar-refractivity contribution in [2.45, 2.75) is 11.8 Å². The number of carbonyl (C=O) groups is 1. The Kier molecular flexibility index (Phi) is 5.43. The zero-order valence-corrected chi connectivity index (χ0v) is 15.2. The first-order valence-corrected chi connectivity index (χ1v) is 9.13. The molecule has 122 valence electrons. The summed E-state index contributed by atoms with van der Waals surface area (Å²) in [4.78, 5) is 11.9. The predicted molar refractivity (Wildman–Crippen MR) is 93.9 cm³/mol. The molecule has 0 spiro atoms. The fourth-order valence-electron chi connectivity index (χ4n) is 1.99. The molecule has 0 radical (unpaired) electrons. The van der Waals surface area contributed by atoms with Crippen LogP contribution in [0.5, 0.6) is 0 Å². The minimum atomic E-state index is -3.84. The summed E-state index contributed by atoms with van der Waals surface area (Å²) < 4.78 is 27.7. The molecule has 0 aliphatic rings. The average Bonchev–Trinajstić information content (AvgIpc) is 2.52. The monoisotopic (exact) mass is 396 g/mol. The van der Waals surface area contributed by atoms with Crippen LogP contribution in [0.3, 0.4) is 0 Å². The van der Waals surface area contributed by atoms with E-state index in [-0.39, 0.29) is 17.3 Å². The minimum Gasteiger partial charge on any atom is -0.358 e. The highest BCUT2D eigenvalue weighted by atomic mass is 79.9. The lowest BCUT2D eigenvalue weighted by molar-refractivity contribution is -0.119. The van der Waals surface area contributed by atoms with E-state index >= 15 is 0 Å². The first kappa shape index (κ1) is 17.5. The largest absolute Gasteiger partial charge is 0.358 e. The maximum Gasteiger partial charge on any atom is 0.264 e. The van der Waals surface area contributed by atoms with E-state index in [1.807, 2.05) is 6.92 Å². The molecular weight excluding hydrogens is 380 g/mol. The molecule has 0 aliphatic carbocycles. The second kappa shape index (κ2) is 7.14. The molecule has 0 aromatic heterocycles. The van der Waals surface area contributed by atoms with Crippen LogP contribution in [-0.4, -0.2) is 27.9 Å². The quantitative estimate of drug-likeness (QED) is 0.844. The molecule has 23 heavy (non-hydrogen) atoms. The Balaban J connectivity index is 2.51. The van der Waals surface area contributed by atoms with Crippen molar-refractivity contribution in [3.63, 3.8) is 0 Å². The van der Waals surface area contributed by atoms with Gasteiger partial charge in [0.25, 0.3) is 10.0 Å². The fraction of sp³-hybridized carbons (Fsp3) is 0.188. The van der Waals surface area contributed by atoms with Gasteiger partial charge in [-0.15, -0.1) is 0 Å². The number of carbonyl (C=O) groups excluding carboxylic acids is 1. The highest BCUT2D eigenvalue weighted by Crippen LogP contribution is 2.26. The number of hydrogen-bond donors (Lipinski definition) is 1. The van der Waals surface area contributed by atoms with Crippen molar-refractivity contribution in [2.75, 3.05) is 17.9 Å². The lowest BCUT2D eigenvalue weighted by atomic mass is 10.2. The molecule has 0 saturated carbocycles. The number of rotatable bonds is 5. The van der Waals surface area contributed by atoms with Crippen LogP contribution in [0.1, 0.15) is 5.56 Å². The van der Waals surface area contributed by atoms with Gasteiger partial charge in [-0.3, -0.25) is 9.10 Å². The van der Waals surface area contributed by atoms with Gasteiger partial charge in [0, 0.05) is 11.5 Å². The van der Waals surface area contributed by atoms with Crippen molar-refractivity contribution in [1.82, 2.24) is 5.32 Å². The third kappa shape index (κ3) is 4.11. The number of hydrogen-bond acceptors (Lipinski definition) is 3. The zero-order chi connectivity index (χ0) is 17.0. The van der Waals surface area contributed by atoms with E-state index < -0.39 is 10.0 Å². The van der Waals surface area contributed by atoms with Crippen LogP contribution in [0.4, 0.5) is 5.69 Å². The number of anilines is 1. The number of aryl methyl sites for hydroxylation is 1. The van der Waals surface area contributed by atoms with Gasteiger partial charge in [-0.1, -0.05) is 39.7 Å². The fourth-order valence-corrected chi connectivity index (χ4v) is 3.79. The second-order valence-corrected chi connectivity index (χ2v) is 7.76. The zero-order valence-electron chi connectivity index (χ0n) is 12.8. The average molecular weight is 397 g/mol. The summed E-state index contributed by atoms with van der Waals surface area (Å²) in [6.45, 7) is 1.59. The SMILES string of the molecule is CNC(=O)CN(c1cccc(Br)c1)S(=O)(=O)c1ccc(C)cc1. The summed E-state index contributed by atoms with van der Waals surface area (Å²) in [5.74, 6) is -0.388. The van der Waals surface area contributed by atoms with E-state index in [4.69, 9.17) is 0 Å². The summed E-state index contributed by atoms with van der Waals surface area (Å²) in [6.07, 6.45) is 0. The number of sulfonamides is 1. The number of halogens is 1. The Morgan fingerprint density at radius 2 is 1.83 bits per heavy atom. The Bertz CT molecular complexity index is 804.